The van der Waals surface area contributed by atoms with Gasteiger partial charge in [0.25, 0.3) is 5.56 Å². The van der Waals surface area contributed by atoms with Crippen molar-refractivity contribution in [2.45, 2.75) is 24.7 Å². The smallest absolute Gasteiger partial charge is 0.324 e. The van der Waals surface area contributed by atoms with Crippen LogP contribution in [0.25, 0.3) is 16.0 Å². The number of rotatable bonds is 6. The predicted octanol–water partition coefficient (Wildman–Crippen LogP) is 4.32. The molecule has 0 unspecified atom stereocenters. The number of para-hydroxylation sites is 1. The molecular weight excluding hydrogens is 468 g/mol. The number of carbonyl (C=O) groups is 1. The van der Waals surface area contributed by atoms with Gasteiger partial charge in [0.05, 0.1) is 5.69 Å². The Morgan fingerprint density at radius 1 is 1.19 bits per heavy atom. The zero-order valence-electron chi connectivity index (χ0n) is 17.3. The lowest BCUT2D eigenvalue weighted by atomic mass is 10.2. The summed E-state index contributed by atoms with van der Waals surface area (Å²) in [5, 5.41) is 3.28. The fourth-order valence-corrected chi connectivity index (χ4v) is 5.31. The summed E-state index contributed by atoms with van der Waals surface area (Å²) in [5.41, 5.74) is 0.989. The zero-order chi connectivity index (χ0) is 22.8. The summed E-state index contributed by atoms with van der Waals surface area (Å²) in [4.78, 5) is 43.8. The van der Waals surface area contributed by atoms with Crippen LogP contribution < -0.4 is 16.6 Å². The number of halogens is 1. The van der Waals surface area contributed by atoms with Crippen molar-refractivity contribution in [3.63, 3.8) is 0 Å². The van der Waals surface area contributed by atoms with Crippen molar-refractivity contribution in [3.8, 4) is 5.69 Å². The molecule has 1 N–H and O–H groups in total. The number of aromatic nitrogens is 3. The van der Waals surface area contributed by atoms with Gasteiger partial charge in [0.1, 0.15) is 11.2 Å². The third-order valence-corrected chi connectivity index (χ3v) is 7.17. The lowest BCUT2D eigenvalue weighted by molar-refractivity contribution is -0.116. The number of benzene rings is 2. The van der Waals surface area contributed by atoms with Crippen LogP contribution in [0.1, 0.15) is 12.5 Å². The fraction of sp³-hybridized carbons (Fsp3) is 0.182. The third-order valence-electron chi connectivity index (χ3n) is 4.70. The van der Waals surface area contributed by atoms with Gasteiger partial charge in [-0.2, -0.15) is 0 Å². The molecule has 0 atom stereocenters. The van der Waals surface area contributed by atoms with Crippen molar-refractivity contribution in [2.24, 2.45) is 0 Å². The number of carbonyl (C=O) groups excluding carboxylic acids is 1. The van der Waals surface area contributed by atoms with Crippen LogP contribution in [0.2, 0.25) is 5.02 Å². The molecule has 0 saturated carbocycles. The standard InChI is InChI=1S/C22H19ClN4O3S2/c1-3-31-21-25-19-18(32-21)20(29)27(15-7-5-4-6-8-15)22(30)26(19)12-17(28)24-14-10-9-13(2)16(23)11-14/h4-11H,3,12H2,1-2H3,(H,24,28). The van der Waals surface area contributed by atoms with Gasteiger partial charge in [0, 0.05) is 10.7 Å². The molecule has 0 bridgehead atoms. The number of thiazole rings is 1. The highest BCUT2D eigenvalue weighted by molar-refractivity contribution is 8.01. The van der Waals surface area contributed by atoms with Crippen LogP contribution >= 0.6 is 34.7 Å². The number of fused-ring (bicyclic) bond motifs is 1. The average Bonchev–Trinajstić information content (AvgIpc) is 3.19. The van der Waals surface area contributed by atoms with Gasteiger partial charge in [-0.25, -0.2) is 14.3 Å². The second-order valence-electron chi connectivity index (χ2n) is 6.92. The maximum absolute atomic E-state index is 13.3. The SMILES string of the molecule is CCSc1nc2c(s1)c(=O)n(-c1ccccc1)c(=O)n2CC(=O)Nc1ccc(C)c(Cl)c1. The lowest BCUT2D eigenvalue weighted by Gasteiger charge is -2.12. The van der Waals surface area contributed by atoms with Crippen molar-refractivity contribution in [1.82, 2.24) is 14.1 Å². The summed E-state index contributed by atoms with van der Waals surface area (Å²) in [6.45, 7) is 3.55. The van der Waals surface area contributed by atoms with Gasteiger partial charge in [-0.1, -0.05) is 54.6 Å². The average molecular weight is 487 g/mol. The Bertz CT molecular complexity index is 1430. The second-order valence-corrected chi connectivity index (χ2v) is 9.84. The molecule has 10 heteroatoms. The number of hydrogen-bond acceptors (Lipinski definition) is 6. The van der Waals surface area contributed by atoms with E-state index < -0.39 is 17.2 Å². The molecule has 0 radical (unpaired) electrons. The van der Waals surface area contributed by atoms with Crippen LogP contribution in [0, 0.1) is 6.92 Å². The van der Waals surface area contributed by atoms with Crippen molar-refractivity contribution in [2.75, 3.05) is 11.1 Å². The molecule has 0 saturated heterocycles. The summed E-state index contributed by atoms with van der Waals surface area (Å²) in [5.74, 6) is 0.343. The van der Waals surface area contributed by atoms with E-state index in [4.69, 9.17) is 11.6 Å². The molecule has 1 amide bonds. The van der Waals surface area contributed by atoms with E-state index in [1.54, 1.807) is 48.5 Å². The monoisotopic (exact) mass is 486 g/mol. The molecule has 164 valence electrons. The number of thioether (sulfide) groups is 1. The van der Waals surface area contributed by atoms with Crippen molar-refractivity contribution in [3.05, 3.63) is 80.0 Å². The van der Waals surface area contributed by atoms with E-state index in [2.05, 4.69) is 10.3 Å². The molecule has 0 aliphatic rings. The number of hydrogen-bond donors (Lipinski definition) is 1. The first-order valence-corrected chi connectivity index (χ1v) is 12.0. The van der Waals surface area contributed by atoms with E-state index in [1.165, 1.54) is 27.7 Å². The molecular formula is C22H19ClN4O3S2. The molecule has 0 spiro atoms. The molecule has 0 aliphatic heterocycles. The van der Waals surface area contributed by atoms with Crippen LogP contribution in [-0.2, 0) is 11.3 Å². The van der Waals surface area contributed by atoms with Crippen LogP contribution in [0.5, 0.6) is 0 Å². The zero-order valence-corrected chi connectivity index (χ0v) is 19.7. The first kappa shape index (κ1) is 22.3. The van der Waals surface area contributed by atoms with E-state index in [0.29, 0.717) is 25.4 Å². The first-order chi connectivity index (χ1) is 15.4. The van der Waals surface area contributed by atoms with Crippen LogP contribution in [0.3, 0.4) is 0 Å². The Morgan fingerprint density at radius 2 is 1.94 bits per heavy atom. The summed E-state index contributed by atoms with van der Waals surface area (Å²) in [6.07, 6.45) is 0. The number of amides is 1. The molecule has 0 fully saturated rings. The van der Waals surface area contributed by atoms with E-state index in [-0.39, 0.29) is 12.2 Å². The Kier molecular flexibility index (Phi) is 6.50. The maximum atomic E-state index is 13.3. The van der Waals surface area contributed by atoms with E-state index in [0.717, 1.165) is 15.9 Å². The van der Waals surface area contributed by atoms with Crippen molar-refractivity contribution < 1.29 is 4.79 Å². The number of nitrogens with zero attached hydrogens (tertiary/aromatic N) is 3. The largest absolute Gasteiger partial charge is 0.337 e. The van der Waals surface area contributed by atoms with E-state index >= 15 is 0 Å². The highest BCUT2D eigenvalue weighted by Crippen LogP contribution is 2.27. The Balaban J connectivity index is 1.81. The lowest BCUT2D eigenvalue weighted by Crippen LogP contribution is -2.40. The molecule has 7 nitrogen and oxygen atoms in total. The number of aryl methyl sites for hydroxylation is 1. The molecule has 2 aromatic heterocycles. The summed E-state index contributed by atoms with van der Waals surface area (Å²) < 4.78 is 3.32. The third kappa shape index (κ3) is 4.36. The van der Waals surface area contributed by atoms with Crippen LogP contribution in [0.15, 0.2) is 62.5 Å². The molecule has 2 heterocycles. The fourth-order valence-electron chi connectivity index (χ4n) is 3.16. The van der Waals surface area contributed by atoms with Gasteiger partial charge in [-0.15, -0.1) is 11.3 Å². The molecule has 32 heavy (non-hydrogen) atoms. The van der Waals surface area contributed by atoms with Gasteiger partial charge in [0.15, 0.2) is 9.99 Å². The molecule has 4 aromatic rings. The van der Waals surface area contributed by atoms with Gasteiger partial charge >= 0.3 is 5.69 Å². The van der Waals surface area contributed by atoms with Crippen LogP contribution in [-0.4, -0.2) is 25.8 Å². The minimum atomic E-state index is -0.621. The second kappa shape index (κ2) is 9.32. The Labute approximate surface area is 196 Å². The molecule has 0 aliphatic carbocycles. The van der Waals surface area contributed by atoms with Crippen LogP contribution in [0.4, 0.5) is 5.69 Å². The Hall–Kier alpha value is -2.88. The normalized spacial score (nSPS) is 11.1. The predicted molar refractivity (Wildman–Crippen MR) is 131 cm³/mol. The molecule has 4 rings (SSSR count). The molecule has 2 aromatic carbocycles. The van der Waals surface area contributed by atoms with E-state index in [1.807, 2.05) is 13.8 Å². The summed E-state index contributed by atoms with van der Waals surface area (Å²) in [6, 6.07) is 13.8. The van der Waals surface area contributed by atoms with Gasteiger partial charge < -0.3 is 5.32 Å². The summed E-state index contributed by atoms with van der Waals surface area (Å²) in [7, 11) is 0. The first-order valence-electron chi connectivity index (χ1n) is 9.79. The quantitative estimate of drug-likeness (QED) is 0.410. The Morgan fingerprint density at radius 3 is 2.62 bits per heavy atom. The van der Waals surface area contributed by atoms with E-state index in [9.17, 15) is 14.4 Å². The number of nitrogens with one attached hydrogen (secondary N) is 1. The number of anilines is 1. The maximum Gasteiger partial charge on any atom is 0.337 e. The van der Waals surface area contributed by atoms with Gasteiger partial charge in [-0.3, -0.25) is 14.2 Å². The highest BCUT2D eigenvalue weighted by Gasteiger charge is 2.20. The van der Waals surface area contributed by atoms with Gasteiger partial charge in [-0.05, 0) is 42.5 Å². The van der Waals surface area contributed by atoms with Crippen molar-refractivity contribution in [1.29, 1.82) is 0 Å². The minimum absolute atomic E-state index is 0.213. The van der Waals surface area contributed by atoms with Gasteiger partial charge in [0.2, 0.25) is 5.91 Å². The minimum Gasteiger partial charge on any atom is -0.324 e. The topological polar surface area (TPSA) is 86.0 Å². The summed E-state index contributed by atoms with van der Waals surface area (Å²) >= 11 is 8.85. The van der Waals surface area contributed by atoms with Crippen molar-refractivity contribution >= 4 is 56.6 Å². The highest BCUT2D eigenvalue weighted by atomic mass is 35.5.